The van der Waals surface area contributed by atoms with Crippen LogP contribution >= 0.6 is 0 Å². The first-order valence-corrected chi connectivity index (χ1v) is 4.08. The average molecular weight is 174 g/mol. The van der Waals surface area contributed by atoms with Gasteiger partial charge < -0.3 is 15.7 Å². The van der Waals surface area contributed by atoms with Crippen LogP contribution in [0.5, 0.6) is 0 Å². The van der Waals surface area contributed by atoms with Crippen molar-refractivity contribution in [1.29, 1.82) is 0 Å². The molecule has 0 unspecified atom stereocenters. The highest BCUT2D eigenvalue weighted by Gasteiger charge is 2.18. The van der Waals surface area contributed by atoms with Crippen LogP contribution in [-0.4, -0.2) is 36.8 Å². The summed E-state index contributed by atoms with van der Waals surface area (Å²) >= 11 is 0. The summed E-state index contributed by atoms with van der Waals surface area (Å²) in [7, 11) is 1.80. The first kappa shape index (κ1) is 11.4. The molecule has 0 aliphatic carbocycles. The van der Waals surface area contributed by atoms with Crippen molar-refractivity contribution >= 4 is 5.91 Å². The van der Waals surface area contributed by atoms with E-state index in [0.29, 0.717) is 13.0 Å². The molecule has 72 valence electrons. The molecule has 0 radical (unpaired) electrons. The fraction of sp³-hybridized carbons (Fsp3) is 0.875. The van der Waals surface area contributed by atoms with E-state index in [2.05, 4.69) is 10.6 Å². The third-order valence-electron chi connectivity index (χ3n) is 1.48. The Bertz CT molecular complexity index is 146. The maximum absolute atomic E-state index is 11.1. The molecule has 0 atom stereocenters. The van der Waals surface area contributed by atoms with Crippen LogP contribution in [0.15, 0.2) is 0 Å². The van der Waals surface area contributed by atoms with Crippen LogP contribution in [0.25, 0.3) is 0 Å². The Morgan fingerprint density at radius 1 is 1.50 bits per heavy atom. The van der Waals surface area contributed by atoms with E-state index in [1.165, 1.54) is 0 Å². The molecule has 0 heterocycles. The molecule has 0 aliphatic heterocycles. The summed E-state index contributed by atoms with van der Waals surface area (Å²) in [5, 5.41) is 14.4. The van der Waals surface area contributed by atoms with Gasteiger partial charge in [-0.25, -0.2) is 0 Å². The molecule has 0 fully saturated rings. The number of aliphatic hydroxyl groups excluding tert-OH is 1. The van der Waals surface area contributed by atoms with Crippen LogP contribution < -0.4 is 10.6 Å². The fourth-order valence-corrected chi connectivity index (χ4v) is 0.718. The van der Waals surface area contributed by atoms with Crippen LogP contribution in [0.4, 0.5) is 0 Å². The Labute approximate surface area is 73.3 Å². The lowest BCUT2D eigenvalue weighted by atomic mass is 10.1. The zero-order chi connectivity index (χ0) is 9.61. The maximum atomic E-state index is 11.1. The lowest BCUT2D eigenvalue weighted by Crippen LogP contribution is -2.46. The van der Waals surface area contributed by atoms with Gasteiger partial charge in [-0.05, 0) is 20.9 Å². The van der Waals surface area contributed by atoms with E-state index < -0.39 is 5.54 Å². The lowest BCUT2D eigenvalue weighted by Gasteiger charge is -2.23. The van der Waals surface area contributed by atoms with Crippen molar-refractivity contribution < 1.29 is 9.90 Å². The average Bonchev–Trinajstić information content (AvgIpc) is 2.00. The zero-order valence-corrected chi connectivity index (χ0v) is 7.98. The number of nitrogens with one attached hydrogen (secondary N) is 2. The van der Waals surface area contributed by atoms with E-state index >= 15 is 0 Å². The molecule has 0 aromatic rings. The summed E-state index contributed by atoms with van der Waals surface area (Å²) in [5.41, 5.74) is -0.509. The second-order valence-corrected chi connectivity index (χ2v) is 3.44. The largest absolute Gasteiger partial charge is 0.394 e. The van der Waals surface area contributed by atoms with Crippen LogP contribution in [-0.2, 0) is 4.79 Å². The topological polar surface area (TPSA) is 61.4 Å². The van der Waals surface area contributed by atoms with Crippen LogP contribution in [0.3, 0.4) is 0 Å². The molecule has 4 heteroatoms. The highest BCUT2D eigenvalue weighted by Crippen LogP contribution is 1.99. The number of rotatable bonds is 5. The van der Waals surface area contributed by atoms with Gasteiger partial charge in [0.15, 0.2) is 0 Å². The number of hydrogen-bond acceptors (Lipinski definition) is 3. The van der Waals surface area contributed by atoms with E-state index in [0.717, 1.165) is 0 Å². The minimum Gasteiger partial charge on any atom is -0.394 e. The van der Waals surface area contributed by atoms with Crippen molar-refractivity contribution in [2.24, 2.45) is 0 Å². The fourth-order valence-electron chi connectivity index (χ4n) is 0.718. The Morgan fingerprint density at radius 3 is 2.50 bits per heavy atom. The lowest BCUT2D eigenvalue weighted by molar-refractivity contribution is -0.123. The van der Waals surface area contributed by atoms with Gasteiger partial charge in [-0.3, -0.25) is 4.79 Å². The zero-order valence-electron chi connectivity index (χ0n) is 7.98. The van der Waals surface area contributed by atoms with Crippen molar-refractivity contribution in [3.05, 3.63) is 0 Å². The highest BCUT2D eigenvalue weighted by molar-refractivity contribution is 5.76. The predicted octanol–water partition coefficient (Wildman–Crippen LogP) is -0.517. The number of aliphatic hydroxyl groups is 1. The molecule has 0 rings (SSSR count). The molecule has 0 spiro atoms. The quantitative estimate of drug-likeness (QED) is 0.526. The van der Waals surface area contributed by atoms with Gasteiger partial charge >= 0.3 is 0 Å². The third-order valence-corrected chi connectivity index (χ3v) is 1.48. The normalized spacial score (nSPS) is 11.3. The first-order valence-electron chi connectivity index (χ1n) is 4.08. The van der Waals surface area contributed by atoms with Crippen molar-refractivity contribution in [2.45, 2.75) is 25.8 Å². The van der Waals surface area contributed by atoms with Gasteiger partial charge in [0.1, 0.15) is 0 Å². The molecule has 0 aliphatic rings. The molecule has 1 amide bonds. The van der Waals surface area contributed by atoms with Gasteiger partial charge in [-0.2, -0.15) is 0 Å². The summed E-state index contributed by atoms with van der Waals surface area (Å²) in [5.74, 6) is -0.0385. The standard InChI is InChI=1S/C8H18N2O2/c1-8(2,6-11)10-7(12)4-5-9-3/h9,11H,4-6H2,1-3H3,(H,10,12). The van der Waals surface area contributed by atoms with Crippen LogP contribution in [0.2, 0.25) is 0 Å². The van der Waals surface area contributed by atoms with E-state index in [9.17, 15) is 4.79 Å². The van der Waals surface area contributed by atoms with Gasteiger partial charge in [0.2, 0.25) is 5.91 Å². The van der Waals surface area contributed by atoms with Gasteiger partial charge in [-0.1, -0.05) is 0 Å². The molecule has 0 aromatic carbocycles. The van der Waals surface area contributed by atoms with Gasteiger partial charge in [0.05, 0.1) is 12.1 Å². The summed E-state index contributed by atoms with van der Waals surface area (Å²) in [4.78, 5) is 11.1. The second-order valence-electron chi connectivity index (χ2n) is 3.44. The Morgan fingerprint density at radius 2 is 2.08 bits per heavy atom. The smallest absolute Gasteiger partial charge is 0.221 e. The SMILES string of the molecule is CNCCC(=O)NC(C)(C)CO. The number of carbonyl (C=O) groups is 1. The Hall–Kier alpha value is -0.610. The number of hydrogen-bond donors (Lipinski definition) is 3. The van der Waals surface area contributed by atoms with E-state index in [-0.39, 0.29) is 12.5 Å². The highest BCUT2D eigenvalue weighted by atomic mass is 16.3. The summed E-state index contributed by atoms with van der Waals surface area (Å²) in [6.45, 7) is 4.18. The molecule has 3 N–H and O–H groups in total. The van der Waals surface area contributed by atoms with Crippen molar-refractivity contribution in [3.63, 3.8) is 0 Å². The molecular weight excluding hydrogens is 156 g/mol. The van der Waals surface area contributed by atoms with Crippen molar-refractivity contribution in [2.75, 3.05) is 20.2 Å². The molecule has 12 heavy (non-hydrogen) atoms. The van der Waals surface area contributed by atoms with E-state index in [1.54, 1.807) is 20.9 Å². The second kappa shape index (κ2) is 5.11. The van der Waals surface area contributed by atoms with Gasteiger partial charge in [0, 0.05) is 13.0 Å². The third kappa shape index (κ3) is 5.09. The Kier molecular flexibility index (Phi) is 4.85. The molecule has 4 nitrogen and oxygen atoms in total. The minimum absolute atomic E-state index is 0.0385. The van der Waals surface area contributed by atoms with Gasteiger partial charge in [0.25, 0.3) is 0 Å². The Balaban J connectivity index is 3.68. The van der Waals surface area contributed by atoms with Crippen LogP contribution in [0, 0.1) is 0 Å². The summed E-state index contributed by atoms with van der Waals surface area (Å²) in [6.07, 6.45) is 0.444. The maximum Gasteiger partial charge on any atom is 0.221 e. The van der Waals surface area contributed by atoms with Crippen molar-refractivity contribution in [3.8, 4) is 0 Å². The molecule has 0 aromatic heterocycles. The molecule has 0 bridgehead atoms. The monoisotopic (exact) mass is 174 g/mol. The number of carbonyl (C=O) groups excluding carboxylic acids is 1. The predicted molar refractivity (Wildman–Crippen MR) is 47.9 cm³/mol. The van der Waals surface area contributed by atoms with E-state index in [1.807, 2.05) is 0 Å². The molecule has 0 saturated carbocycles. The van der Waals surface area contributed by atoms with Crippen LogP contribution in [0.1, 0.15) is 20.3 Å². The minimum atomic E-state index is -0.509. The molecule has 0 saturated heterocycles. The summed E-state index contributed by atoms with van der Waals surface area (Å²) in [6, 6.07) is 0. The van der Waals surface area contributed by atoms with Gasteiger partial charge in [-0.15, -0.1) is 0 Å². The number of amides is 1. The van der Waals surface area contributed by atoms with Crippen molar-refractivity contribution in [1.82, 2.24) is 10.6 Å². The molecular formula is C8H18N2O2. The first-order chi connectivity index (χ1) is 5.52. The van der Waals surface area contributed by atoms with E-state index in [4.69, 9.17) is 5.11 Å². The summed E-state index contributed by atoms with van der Waals surface area (Å²) < 4.78 is 0.